The lowest BCUT2D eigenvalue weighted by Gasteiger charge is -2.25. The smallest absolute Gasteiger partial charge is 0.243 e. The van der Waals surface area contributed by atoms with Crippen molar-refractivity contribution in [1.82, 2.24) is 25.9 Å². The minimum atomic E-state index is -1.00. The highest BCUT2D eigenvalue weighted by atomic mass is 35.5. The van der Waals surface area contributed by atoms with Crippen molar-refractivity contribution in [2.75, 3.05) is 7.05 Å². The summed E-state index contributed by atoms with van der Waals surface area (Å²) < 4.78 is 27.1. The van der Waals surface area contributed by atoms with Crippen LogP contribution in [0.15, 0.2) is 42.7 Å². The van der Waals surface area contributed by atoms with Gasteiger partial charge in [-0.25, -0.2) is 13.8 Å². The number of benzene rings is 1. The molecule has 0 saturated heterocycles. The number of halogens is 4. The van der Waals surface area contributed by atoms with E-state index in [1.807, 2.05) is 26.0 Å². The second-order valence-electron chi connectivity index (χ2n) is 8.14. The molecule has 2 amide bonds. The zero-order chi connectivity index (χ0) is 24.0. The fourth-order valence-electron chi connectivity index (χ4n) is 3.68. The number of hydrogen-bond acceptors (Lipinski definition) is 4. The van der Waals surface area contributed by atoms with Crippen LogP contribution in [-0.2, 0) is 22.6 Å². The summed E-state index contributed by atoms with van der Waals surface area (Å²) >= 11 is 0. The van der Waals surface area contributed by atoms with E-state index in [9.17, 15) is 18.4 Å². The number of fused-ring (bicyclic) bond motifs is 1. The molecule has 1 unspecified atom stereocenters. The fourth-order valence-corrected chi connectivity index (χ4v) is 3.68. The van der Waals surface area contributed by atoms with Crippen LogP contribution in [0.5, 0.6) is 0 Å². The molecule has 0 saturated carbocycles. The molecular weight excluding hydrogens is 499 g/mol. The highest BCUT2D eigenvalue weighted by molar-refractivity contribution is 5.90. The van der Waals surface area contributed by atoms with Gasteiger partial charge in [-0.1, -0.05) is 26.3 Å². The summed E-state index contributed by atoms with van der Waals surface area (Å²) in [5.74, 6) is -2.69. The average molecular weight is 530 g/mol. The molecular formula is C24H31Cl2F2N5O2. The summed E-state index contributed by atoms with van der Waals surface area (Å²) in [4.78, 5) is 33.2. The number of likely N-dealkylation sites (N-methyl/N-ethyl adjacent to an activating group) is 1. The number of carbonyl (C=O) groups excluding carboxylic acids is 2. The number of rotatable bonds is 10. The van der Waals surface area contributed by atoms with Crippen LogP contribution in [0, 0.1) is 17.6 Å². The van der Waals surface area contributed by atoms with Gasteiger partial charge in [-0.3, -0.25) is 9.59 Å². The third kappa shape index (κ3) is 7.88. The van der Waals surface area contributed by atoms with Gasteiger partial charge in [-0.15, -0.1) is 24.8 Å². The zero-order valence-corrected chi connectivity index (χ0v) is 21.4. The molecule has 3 atom stereocenters. The lowest BCUT2D eigenvalue weighted by atomic mass is 9.97. The maximum atomic E-state index is 13.7. The van der Waals surface area contributed by atoms with Gasteiger partial charge in [0.15, 0.2) is 11.6 Å². The van der Waals surface area contributed by atoms with Crippen molar-refractivity contribution in [1.29, 1.82) is 0 Å². The van der Waals surface area contributed by atoms with Crippen LogP contribution >= 0.6 is 24.8 Å². The van der Waals surface area contributed by atoms with Crippen LogP contribution in [0.1, 0.15) is 31.4 Å². The molecule has 35 heavy (non-hydrogen) atoms. The summed E-state index contributed by atoms with van der Waals surface area (Å²) in [6.45, 7) is 4.12. The number of nitrogens with zero attached hydrogens (tertiary/aromatic N) is 1. The van der Waals surface area contributed by atoms with Gasteiger partial charge in [-0.05, 0) is 48.4 Å². The lowest BCUT2D eigenvalue weighted by molar-refractivity contribution is -0.130. The SMILES string of the molecule is CCC(C)[C@@H](NC)C(=O)N[C@@H](Cc1ccc(F)c(F)c1)C(=O)NCc1cnc2[nH]ccc2c1.Cl.Cl. The maximum Gasteiger partial charge on any atom is 0.243 e. The van der Waals surface area contributed by atoms with E-state index >= 15 is 0 Å². The summed E-state index contributed by atoms with van der Waals surface area (Å²) in [6, 6.07) is 5.78. The first-order valence-electron chi connectivity index (χ1n) is 10.9. The molecule has 0 spiro atoms. The van der Waals surface area contributed by atoms with Crippen molar-refractivity contribution in [3.05, 3.63) is 65.5 Å². The molecule has 7 nitrogen and oxygen atoms in total. The molecule has 3 rings (SSSR count). The molecule has 4 N–H and O–H groups in total. The first-order valence-corrected chi connectivity index (χ1v) is 10.9. The normalized spacial score (nSPS) is 13.2. The second-order valence-corrected chi connectivity index (χ2v) is 8.14. The molecule has 0 aliphatic rings. The van der Waals surface area contributed by atoms with E-state index in [0.29, 0.717) is 5.56 Å². The van der Waals surface area contributed by atoms with Crippen LogP contribution < -0.4 is 16.0 Å². The highest BCUT2D eigenvalue weighted by Gasteiger charge is 2.28. The molecule has 3 aromatic rings. The molecule has 0 fully saturated rings. The first-order chi connectivity index (χ1) is 15.8. The van der Waals surface area contributed by atoms with Crippen molar-refractivity contribution < 1.29 is 18.4 Å². The van der Waals surface area contributed by atoms with Crippen LogP contribution in [0.3, 0.4) is 0 Å². The highest BCUT2D eigenvalue weighted by Crippen LogP contribution is 2.14. The molecule has 11 heteroatoms. The van der Waals surface area contributed by atoms with E-state index in [4.69, 9.17) is 0 Å². The Balaban J connectivity index is 0.00000306. The predicted octanol–water partition coefficient (Wildman–Crippen LogP) is 3.66. The van der Waals surface area contributed by atoms with E-state index in [2.05, 4.69) is 25.9 Å². The van der Waals surface area contributed by atoms with Crippen LogP contribution in [-0.4, -0.2) is 40.9 Å². The first kappa shape index (κ1) is 30.3. The van der Waals surface area contributed by atoms with E-state index < -0.39 is 29.6 Å². The van der Waals surface area contributed by atoms with Crippen molar-refractivity contribution in [3.8, 4) is 0 Å². The number of hydrogen-bond donors (Lipinski definition) is 4. The minimum Gasteiger partial charge on any atom is -0.350 e. The molecule has 1 aromatic carbocycles. The third-order valence-corrected chi connectivity index (χ3v) is 5.79. The quantitative estimate of drug-likeness (QED) is 0.322. The van der Waals surface area contributed by atoms with Gasteiger partial charge in [0.25, 0.3) is 0 Å². The number of aromatic amines is 1. The Hall–Kier alpha value is -2.75. The van der Waals surface area contributed by atoms with Crippen LogP contribution in [0.2, 0.25) is 0 Å². The molecule has 0 radical (unpaired) electrons. The maximum absolute atomic E-state index is 13.7. The Morgan fingerprint density at radius 2 is 1.80 bits per heavy atom. The molecule has 2 heterocycles. The van der Waals surface area contributed by atoms with Crippen molar-refractivity contribution in [3.63, 3.8) is 0 Å². The van der Waals surface area contributed by atoms with E-state index in [-0.39, 0.29) is 49.6 Å². The van der Waals surface area contributed by atoms with Gasteiger partial charge in [0, 0.05) is 30.7 Å². The van der Waals surface area contributed by atoms with Gasteiger partial charge in [0.1, 0.15) is 11.7 Å². The number of pyridine rings is 1. The largest absolute Gasteiger partial charge is 0.350 e. The van der Waals surface area contributed by atoms with Gasteiger partial charge < -0.3 is 20.9 Å². The zero-order valence-electron chi connectivity index (χ0n) is 19.7. The van der Waals surface area contributed by atoms with Gasteiger partial charge in [0.05, 0.1) is 6.04 Å². The average Bonchev–Trinajstić information content (AvgIpc) is 3.27. The van der Waals surface area contributed by atoms with E-state index in [0.717, 1.165) is 35.2 Å². The fraction of sp³-hybridized carbons (Fsp3) is 0.375. The number of nitrogens with one attached hydrogen (secondary N) is 4. The van der Waals surface area contributed by atoms with E-state index in [1.165, 1.54) is 6.07 Å². The Kier molecular flexibility index (Phi) is 12.1. The third-order valence-electron chi connectivity index (χ3n) is 5.79. The second kappa shape index (κ2) is 14.0. The van der Waals surface area contributed by atoms with Crippen LogP contribution in [0.4, 0.5) is 8.78 Å². The molecule has 0 aliphatic heterocycles. The molecule has 2 aromatic heterocycles. The number of amides is 2. The summed E-state index contributed by atoms with van der Waals surface area (Å²) in [5, 5.41) is 9.49. The molecule has 192 valence electrons. The standard InChI is InChI=1S/C24H29F2N5O2.2ClH/c1-4-14(2)21(27-3)24(33)31-20(11-15-5-6-18(25)19(26)10-15)23(32)30-13-16-9-17-7-8-28-22(17)29-12-16;;/h5-10,12,14,20-21,27H,4,11,13H2,1-3H3,(H,28,29)(H,30,32)(H,31,33);2*1H/t14?,20-,21+;;/m0../s1. The Bertz CT molecular complexity index is 1130. The number of H-pyrrole nitrogens is 1. The van der Waals surface area contributed by atoms with E-state index in [1.54, 1.807) is 19.4 Å². The molecule has 0 aliphatic carbocycles. The van der Waals surface area contributed by atoms with Crippen molar-refractivity contribution in [2.45, 2.75) is 45.3 Å². The molecule has 0 bridgehead atoms. The lowest BCUT2D eigenvalue weighted by Crippen LogP contribution is -2.54. The number of aromatic nitrogens is 2. The van der Waals surface area contributed by atoms with Gasteiger partial charge in [0.2, 0.25) is 11.8 Å². The van der Waals surface area contributed by atoms with Gasteiger partial charge in [-0.2, -0.15) is 0 Å². The monoisotopic (exact) mass is 529 g/mol. The topological polar surface area (TPSA) is 98.9 Å². The predicted molar refractivity (Wildman–Crippen MR) is 137 cm³/mol. The summed E-state index contributed by atoms with van der Waals surface area (Å²) in [6.07, 6.45) is 4.22. The van der Waals surface area contributed by atoms with Crippen molar-refractivity contribution in [2.24, 2.45) is 5.92 Å². The summed E-state index contributed by atoms with van der Waals surface area (Å²) in [7, 11) is 1.69. The number of carbonyl (C=O) groups is 2. The summed E-state index contributed by atoms with van der Waals surface area (Å²) in [5.41, 5.74) is 1.94. The van der Waals surface area contributed by atoms with Gasteiger partial charge >= 0.3 is 0 Å². The Labute approximate surface area is 215 Å². The Morgan fingerprint density at radius 3 is 2.46 bits per heavy atom. The van der Waals surface area contributed by atoms with Crippen molar-refractivity contribution >= 4 is 47.7 Å². The minimum absolute atomic E-state index is 0. The van der Waals surface area contributed by atoms with Crippen LogP contribution in [0.25, 0.3) is 11.0 Å². The Morgan fingerprint density at radius 1 is 1.06 bits per heavy atom.